The van der Waals surface area contributed by atoms with Gasteiger partial charge in [-0.25, -0.2) is 14.6 Å². The Morgan fingerprint density at radius 3 is 2.58 bits per heavy atom. The SMILES string of the molecule is COC(=O)C1c2cc(OCCc3nc(-c4ccccc4)oc3C)ccc2CCN1C(=O)OC(C)(C)C. The van der Waals surface area contributed by atoms with Gasteiger partial charge in [0.25, 0.3) is 0 Å². The zero-order chi connectivity index (χ0) is 25.9. The highest BCUT2D eigenvalue weighted by Crippen LogP contribution is 2.34. The van der Waals surface area contributed by atoms with Crippen molar-refractivity contribution in [1.29, 1.82) is 0 Å². The lowest BCUT2D eigenvalue weighted by Crippen LogP contribution is -2.46. The fourth-order valence-corrected chi connectivity index (χ4v) is 4.20. The summed E-state index contributed by atoms with van der Waals surface area (Å²) in [5.74, 6) is 1.41. The van der Waals surface area contributed by atoms with E-state index in [1.165, 1.54) is 12.0 Å². The van der Waals surface area contributed by atoms with Gasteiger partial charge in [0.15, 0.2) is 6.04 Å². The second kappa shape index (κ2) is 10.4. The molecule has 1 aliphatic rings. The zero-order valence-electron chi connectivity index (χ0n) is 21.4. The average molecular weight is 493 g/mol. The maximum absolute atomic E-state index is 12.9. The van der Waals surface area contributed by atoms with E-state index < -0.39 is 23.7 Å². The first-order valence-electron chi connectivity index (χ1n) is 12.0. The molecule has 0 aliphatic carbocycles. The summed E-state index contributed by atoms with van der Waals surface area (Å²) in [5.41, 5.74) is 2.72. The van der Waals surface area contributed by atoms with Gasteiger partial charge in [0.05, 0.1) is 19.4 Å². The van der Waals surface area contributed by atoms with Crippen LogP contribution in [0.3, 0.4) is 0 Å². The van der Waals surface area contributed by atoms with E-state index in [0.29, 0.717) is 43.2 Å². The largest absolute Gasteiger partial charge is 0.493 e. The van der Waals surface area contributed by atoms with Crippen molar-refractivity contribution in [2.45, 2.75) is 52.2 Å². The van der Waals surface area contributed by atoms with Gasteiger partial charge in [0.2, 0.25) is 5.89 Å². The minimum Gasteiger partial charge on any atom is -0.493 e. The number of ether oxygens (including phenoxy) is 3. The van der Waals surface area contributed by atoms with Crippen LogP contribution < -0.4 is 4.74 Å². The molecule has 0 bridgehead atoms. The third-order valence-corrected chi connectivity index (χ3v) is 5.92. The molecule has 8 heteroatoms. The van der Waals surface area contributed by atoms with Crippen LogP contribution in [-0.4, -0.2) is 47.8 Å². The third-order valence-electron chi connectivity index (χ3n) is 5.92. The summed E-state index contributed by atoms with van der Waals surface area (Å²) in [5, 5.41) is 0. The molecule has 0 saturated heterocycles. The Kier molecular flexibility index (Phi) is 7.33. The summed E-state index contributed by atoms with van der Waals surface area (Å²) in [6.45, 7) is 8.00. The molecule has 0 saturated carbocycles. The van der Waals surface area contributed by atoms with E-state index in [1.807, 2.05) is 49.4 Å². The molecule has 1 aromatic heterocycles. The van der Waals surface area contributed by atoms with Gasteiger partial charge in [0.1, 0.15) is 17.1 Å². The maximum Gasteiger partial charge on any atom is 0.411 e. The number of hydrogen-bond donors (Lipinski definition) is 0. The van der Waals surface area contributed by atoms with Crippen molar-refractivity contribution in [3.8, 4) is 17.2 Å². The molecule has 1 atom stereocenters. The zero-order valence-corrected chi connectivity index (χ0v) is 21.4. The van der Waals surface area contributed by atoms with Crippen LogP contribution in [0.1, 0.15) is 49.4 Å². The van der Waals surface area contributed by atoms with Crippen molar-refractivity contribution in [1.82, 2.24) is 9.88 Å². The molecule has 2 heterocycles. The van der Waals surface area contributed by atoms with E-state index >= 15 is 0 Å². The molecule has 1 amide bonds. The van der Waals surface area contributed by atoms with Crippen LogP contribution in [0.25, 0.3) is 11.5 Å². The molecule has 0 spiro atoms. The second-order valence-electron chi connectivity index (χ2n) is 9.70. The lowest BCUT2D eigenvalue weighted by molar-refractivity contribution is -0.147. The highest BCUT2D eigenvalue weighted by molar-refractivity contribution is 5.84. The highest BCUT2D eigenvalue weighted by atomic mass is 16.6. The van der Waals surface area contributed by atoms with E-state index in [2.05, 4.69) is 4.98 Å². The summed E-state index contributed by atoms with van der Waals surface area (Å²) in [7, 11) is 1.31. The van der Waals surface area contributed by atoms with Gasteiger partial charge >= 0.3 is 12.1 Å². The van der Waals surface area contributed by atoms with Gasteiger partial charge in [-0.15, -0.1) is 0 Å². The molecular weight excluding hydrogens is 460 g/mol. The lowest BCUT2D eigenvalue weighted by atomic mass is 9.92. The van der Waals surface area contributed by atoms with E-state index in [9.17, 15) is 9.59 Å². The molecule has 0 N–H and O–H groups in total. The number of methoxy groups -OCH3 is 1. The predicted molar refractivity (Wildman–Crippen MR) is 134 cm³/mol. The number of fused-ring (bicyclic) bond motifs is 1. The number of rotatable bonds is 6. The smallest absolute Gasteiger partial charge is 0.411 e. The number of amides is 1. The summed E-state index contributed by atoms with van der Waals surface area (Å²) in [4.78, 5) is 31.6. The first-order chi connectivity index (χ1) is 17.2. The summed E-state index contributed by atoms with van der Waals surface area (Å²) in [6, 6.07) is 14.5. The van der Waals surface area contributed by atoms with Crippen molar-refractivity contribution in [2.24, 2.45) is 0 Å². The Hall–Kier alpha value is -3.81. The molecule has 36 heavy (non-hydrogen) atoms. The Balaban J connectivity index is 1.48. The molecule has 8 nitrogen and oxygen atoms in total. The van der Waals surface area contributed by atoms with E-state index in [-0.39, 0.29) is 0 Å². The minimum atomic E-state index is -0.900. The van der Waals surface area contributed by atoms with Crippen LogP contribution in [-0.2, 0) is 27.1 Å². The molecule has 190 valence electrons. The Morgan fingerprint density at radius 2 is 1.89 bits per heavy atom. The molecule has 1 unspecified atom stereocenters. The number of aryl methyl sites for hydroxylation is 1. The number of carbonyl (C=O) groups excluding carboxylic acids is 2. The van der Waals surface area contributed by atoms with Crippen molar-refractivity contribution in [3.05, 3.63) is 71.1 Å². The van der Waals surface area contributed by atoms with Crippen LogP contribution >= 0.6 is 0 Å². The lowest BCUT2D eigenvalue weighted by Gasteiger charge is -2.36. The highest BCUT2D eigenvalue weighted by Gasteiger charge is 2.39. The average Bonchev–Trinajstić information content (AvgIpc) is 3.22. The Labute approximate surface area is 211 Å². The van der Waals surface area contributed by atoms with Crippen molar-refractivity contribution in [2.75, 3.05) is 20.3 Å². The number of hydrogen-bond acceptors (Lipinski definition) is 7. The number of benzene rings is 2. The predicted octanol–water partition coefficient (Wildman–Crippen LogP) is 5.28. The second-order valence-corrected chi connectivity index (χ2v) is 9.70. The summed E-state index contributed by atoms with van der Waals surface area (Å²) in [6.07, 6.45) is 0.609. The fourth-order valence-electron chi connectivity index (χ4n) is 4.20. The number of esters is 1. The van der Waals surface area contributed by atoms with Crippen molar-refractivity contribution in [3.63, 3.8) is 0 Å². The fraction of sp³-hybridized carbons (Fsp3) is 0.393. The molecule has 4 rings (SSSR count). The molecule has 1 aliphatic heterocycles. The van der Waals surface area contributed by atoms with Gasteiger partial charge in [-0.2, -0.15) is 0 Å². The third kappa shape index (κ3) is 5.70. The minimum absolute atomic E-state index is 0.358. The van der Waals surface area contributed by atoms with Crippen molar-refractivity contribution >= 4 is 12.1 Å². The topological polar surface area (TPSA) is 91.1 Å². The van der Waals surface area contributed by atoms with Gasteiger partial charge in [-0.05, 0) is 69.5 Å². The molecule has 2 aromatic carbocycles. The van der Waals surface area contributed by atoms with Gasteiger partial charge in [0, 0.05) is 18.5 Å². The van der Waals surface area contributed by atoms with Crippen LogP contribution in [0.5, 0.6) is 5.75 Å². The van der Waals surface area contributed by atoms with E-state index in [4.69, 9.17) is 18.6 Å². The van der Waals surface area contributed by atoms with Gasteiger partial charge < -0.3 is 18.6 Å². The first kappa shape index (κ1) is 25.3. The summed E-state index contributed by atoms with van der Waals surface area (Å²) < 4.78 is 22.4. The number of nitrogens with zero attached hydrogens (tertiary/aromatic N) is 2. The van der Waals surface area contributed by atoms with Gasteiger partial charge in [-0.1, -0.05) is 24.3 Å². The molecule has 0 fully saturated rings. The van der Waals surface area contributed by atoms with Gasteiger partial charge in [-0.3, -0.25) is 4.90 Å². The molecule has 3 aromatic rings. The number of oxazole rings is 1. The standard InChI is InChI=1S/C28H32N2O6/c1-18-23(29-25(35-18)20-9-7-6-8-10-20)14-16-34-21-12-11-19-13-15-30(27(32)36-28(2,3)4)24(22(19)17-21)26(31)33-5/h6-12,17,24H,13-16H2,1-5H3. The number of aromatic nitrogens is 1. The molecule has 0 radical (unpaired) electrons. The maximum atomic E-state index is 12.9. The van der Waals surface area contributed by atoms with Crippen LogP contribution in [0.15, 0.2) is 52.9 Å². The summed E-state index contributed by atoms with van der Waals surface area (Å²) >= 11 is 0. The quantitative estimate of drug-likeness (QED) is 0.433. The first-order valence-corrected chi connectivity index (χ1v) is 12.0. The van der Waals surface area contributed by atoms with Crippen LogP contribution in [0, 0.1) is 6.92 Å². The van der Waals surface area contributed by atoms with Crippen molar-refractivity contribution < 1.29 is 28.2 Å². The Bertz CT molecular complexity index is 1230. The number of carbonyl (C=O) groups is 2. The van der Waals surface area contributed by atoms with E-state index in [1.54, 1.807) is 26.8 Å². The normalized spacial score (nSPS) is 15.2. The Morgan fingerprint density at radius 1 is 1.14 bits per heavy atom. The van der Waals surface area contributed by atoms with Crippen LogP contribution in [0.4, 0.5) is 4.79 Å². The monoisotopic (exact) mass is 492 g/mol. The molecular formula is C28H32N2O6. The van der Waals surface area contributed by atoms with Crippen LogP contribution in [0.2, 0.25) is 0 Å². The van der Waals surface area contributed by atoms with E-state index in [0.717, 1.165) is 22.6 Å².